The maximum Gasteiger partial charge on any atom is 0.339 e. The van der Waals surface area contributed by atoms with E-state index < -0.39 is 32.6 Å². The number of benzene rings is 4. The number of aryl methyl sites for hydroxylation is 1. The van der Waals surface area contributed by atoms with E-state index in [1.54, 1.807) is 56.5 Å². The van der Waals surface area contributed by atoms with E-state index in [1.807, 2.05) is 30.3 Å². The van der Waals surface area contributed by atoms with Crippen molar-refractivity contribution in [3.8, 4) is 11.5 Å². The third-order valence-corrected chi connectivity index (χ3v) is 10.1. The zero-order chi connectivity index (χ0) is 35.6. The van der Waals surface area contributed by atoms with Crippen LogP contribution in [0.1, 0.15) is 35.2 Å². The van der Waals surface area contributed by atoms with Crippen LogP contribution in [0.5, 0.6) is 11.5 Å². The monoisotopic (exact) mass is 711 g/mol. The molecule has 1 aromatic heterocycles. The lowest BCUT2D eigenvalue weighted by atomic mass is 9.93. The van der Waals surface area contributed by atoms with Crippen LogP contribution in [0.4, 0.5) is 5.69 Å². The van der Waals surface area contributed by atoms with Crippen molar-refractivity contribution in [2.45, 2.75) is 24.8 Å². The lowest BCUT2D eigenvalue weighted by Crippen LogP contribution is -2.40. The third-order valence-electron chi connectivity index (χ3n) is 7.85. The van der Waals surface area contributed by atoms with Gasteiger partial charge in [-0.25, -0.2) is 9.79 Å². The van der Waals surface area contributed by atoms with Crippen LogP contribution in [0.15, 0.2) is 117 Å². The molecule has 5 aromatic rings. The maximum atomic E-state index is 14.1. The first-order valence-corrected chi connectivity index (χ1v) is 17.4. The van der Waals surface area contributed by atoms with Gasteiger partial charge in [0.05, 0.1) is 40.5 Å². The Morgan fingerprint density at radius 1 is 1.00 bits per heavy atom. The lowest BCUT2D eigenvalue weighted by molar-refractivity contribution is -0.385. The van der Waals surface area contributed by atoms with Crippen LogP contribution in [0, 0.1) is 17.0 Å². The average Bonchev–Trinajstić information content (AvgIpc) is 3.42. The number of carbonyl (C=O) groups excluding carboxylic acids is 1. The molecule has 12 nitrogen and oxygen atoms in total. The maximum absolute atomic E-state index is 14.1. The number of aromatic nitrogens is 1. The summed E-state index contributed by atoms with van der Waals surface area (Å²) in [4.78, 5) is 43.2. The standard InChI is InChI=1S/C36H29N3O9S2/c1-4-47-35(41)31-32(24-8-6-5-7-9-24)37-36-38(33(31)25-13-17-26(46-3)18-14-25)34(40)30(49-36)20-23-11-15-27(16-12-23)48-50(44,45)28-19-10-22(2)29(21-28)39(42)43/h5-21,33H,4H2,1-3H3/b30-20-/t33-/m1/s1. The molecule has 0 spiro atoms. The molecular weight excluding hydrogens is 683 g/mol. The average molecular weight is 712 g/mol. The Kier molecular flexibility index (Phi) is 9.48. The fraction of sp³-hybridized carbons (Fsp3) is 0.139. The number of nitro groups is 1. The number of ether oxygens (including phenoxy) is 2. The molecule has 1 aliphatic rings. The van der Waals surface area contributed by atoms with E-state index in [0.29, 0.717) is 43.0 Å². The number of carbonyl (C=O) groups is 1. The summed E-state index contributed by atoms with van der Waals surface area (Å²) in [6.45, 7) is 3.33. The smallest absolute Gasteiger partial charge is 0.339 e. The van der Waals surface area contributed by atoms with Gasteiger partial charge < -0.3 is 13.7 Å². The van der Waals surface area contributed by atoms with Crippen LogP contribution in [0.2, 0.25) is 0 Å². The molecule has 0 fully saturated rings. The van der Waals surface area contributed by atoms with Gasteiger partial charge in [-0.3, -0.25) is 19.5 Å². The molecule has 0 unspecified atom stereocenters. The van der Waals surface area contributed by atoms with Crippen molar-refractivity contribution in [3.05, 3.63) is 155 Å². The second kappa shape index (κ2) is 13.9. The number of methoxy groups -OCH3 is 1. The number of esters is 1. The zero-order valence-corrected chi connectivity index (χ0v) is 28.6. The van der Waals surface area contributed by atoms with Crippen molar-refractivity contribution < 1.29 is 31.8 Å². The minimum atomic E-state index is -4.38. The second-order valence-electron chi connectivity index (χ2n) is 11.0. The minimum absolute atomic E-state index is 0.0297. The van der Waals surface area contributed by atoms with Crippen molar-refractivity contribution in [1.82, 2.24) is 4.57 Å². The van der Waals surface area contributed by atoms with Crippen molar-refractivity contribution in [2.75, 3.05) is 13.7 Å². The number of hydrogen-bond donors (Lipinski definition) is 0. The summed E-state index contributed by atoms with van der Waals surface area (Å²) in [5.41, 5.74) is 2.05. The van der Waals surface area contributed by atoms with Gasteiger partial charge in [0.15, 0.2) is 4.80 Å². The molecule has 0 aliphatic carbocycles. The first kappa shape index (κ1) is 34.0. The van der Waals surface area contributed by atoms with E-state index in [1.165, 1.54) is 35.8 Å². The van der Waals surface area contributed by atoms with Crippen molar-refractivity contribution >= 4 is 44.9 Å². The molecule has 0 amide bonds. The van der Waals surface area contributed by atoms with Gasteiger partial charge in [0, 0.05) is 17.2 Å². The predicted octanol–water partition coefficient (Wildman–Crippen LogP) is 4.93. The third kappa shape index (κ3) is 6.70. The van der Waals surface area contributed by atoms with E-state index in [0.717, 1.165) is 17.4 Å². The van der Waals surface area contributed by atoms with Gasteiger partial charge in [-0.1, -0.05) is 72.0 Å². The Labute approximate surface area is 290 Å². The fourth-order valence-electron chi connectivity index (χ4n) is 5.43. The molecule has 2 heterocycles. The molecule has 0 saturated carbocycles. The normalized spacial score (nSPS) is 14.5. The van der Waals surface area contributed by atoms with E-state index in [2.05, 4.69) is 0 Å². The van der Waals surface area contributed by atoms with Gasteiger partial charge in [0.25, 0.3) is 11.2 Å². The molecule has 0 radical (unpaired) electrons. The Balaban J connectivity index is 1.42. The number of nitro benzene ring substituents is 1. The topological polar surface area (TPSA) is 156 Å². The van der Waals surface area contributed by atoms with Gasteiger partial charge in [0.2, 0.25) is 0 Å². The molecule has 0 saturated heterocycles. The summed E-state index contributed by atoms with van der Waals surface area (Å²) in [5.74, 6) is -0.0274. The summed E-state index contributed by atoms with van der Waals surface area (Å²) >= 11 is 1.14. The number of nitrogens with zero attached hydrogens (tertiary/aromatic N) is 3. The van der Waals surface area contributed by atoms with Crippen LogP contribution in [0.3, 0.4) is 0 Å². The van der Waals surface area contributed by atoms with Crippen molar-refractivity contribution in [2.24, 2.45) is 4.99 Å². The molecule has 0 bridgehead atoms. The molecule has 1 atom stereocenters. The Morgan fingerprint density at radius 2 is 1.68 bits per heavy atom. The van der Waals surface area contributed by atoms with Crippen LogP contribution in [-0.4, -0.2) is 37.6 Å². The number of fused-ring (bicyclic) bond motifs is 1. The highest BCUT2D eigenvalue weighted by atomic mass is 32.2. The Morgan fingerprint density at radius 3 is 2.32 bits per heavy atom. The van der Waals surface area contributed by atoms with E-state index in [-0.39, 0.29) is 28.5 Å². The summed E-state index contributed by atoms with van der Waals surface area (Å²) in [6.07, 6.45) is 1.63. The lowest BCUT2D eigenvalue weighted by Gasteiger charge is -2.26. The summed E-state index contributed by atoms with van der Waals surface area (Å²) in [7, 11) is -2.83. The van der Waals surface area contributed by atoms with Crippen molar-refractivity contribution in [1.29, 1.82) is 0 Å². The highest BCUT2D eigenvalue weighted by Gasteiger charge is 2.35. The van der Waals surface area contributed by atoms with Crippen LogP contribution >= 0.6 is 11.3 Å². The van der Waals surface area contributed by atoms with Gasteiger partial charge in [0.1, 0.15) is 16.4 Å². The molecule has 4 aromatic carbocycles. The minimum Gasteiger partial charge on any atom is -0.497 e. The summed E-state index contributed by atoms with van der Waals surface area (Å²) < 4.78 is 43.7. The van der Waals surface area contributed by atoms with Crippen molar-refractivity contribution in [3.63, 3.8) is 0 Å². The van der Waals surface area contributed by atoms with Gasteiger partial charge in [-0.2, -0.15) is 8.42 Å². The fourth-order valence-corrected chi connectivity index (χ4v) is 7.38. The molecule has 50 heavy (non-hydrogen) atoms. The first-order chi connectivity index (χ1) is 24.0. The molecule has 0 N–H and O–H groups in total. The van der Waals surface area contributed by atoms with Gasteiger partial charge >= 0.3 is 16.1 Å². The highest BCUT2D eigenvalue weighted by molar-refractivity contribution is 7.87. The van der Waals surface area contributed by atoms with Crippen LogP contribution in [-0.2, 0) is 19.6 Å². The Hall–Kier alpha value is -5.86. The van der Waals surface area contributed by atoms with E-state index in [4.69, 9.17) is 18.6 Å². The predicted molar refractivity (Wildman–Crippen MR) is 186 cm³/mol. The van der Waals surface area contributed by atoms with E-state index in [9.17, 15) is 28.1 Å². The Bertz CT molecular complexity index is 2440. The molecule has 1 aliphatic heterocycles. The van der Waals surface area contributed by atoms with Crippen LogP contribution < -0.4 is 23.8 Å². The highest BCUT2D eigenvalue weighted by Crippen LogP contribution is 2.36. The van der Waals surface area contributed by atoms with E-state index >= 15 is 0 Å². The molecule has 14 heteroatoms. The molecule has 6 rings (SSSR count). The number of thiazole rings is 1. The SMILES string of the molecule is CCOC(=O)C1=C(c2ccccc2)N=c2s/c(=C\c3ccc(OS(=O)(=O)c4ccc(C)c([N+](=O)[O-])c4)cc3)c(=O)n2[C@@H]1c1ccc(OC)cc1. The summed E-state index contributed by atoms with van der Waals surface area (Å²) in [6, 6.07) is 24.9. The molecule has 254 valence electrons. The van der Waals surface area contributed by atoms with Gasteiger partial charge in [-0.05, 0) is 61.4 Å². The number of hydrogen-bond acceptors (Lipinski definition) is 11. The van der Waals surface area contributed by atoms with Crippen LogP contribution in [0.25, 0.3) is 11.8 Å². The second-order valence-corrected chi connectivity index (χ2v) is 13.6. The summed E-state index contributed by atoms with van der Waals surface area (Å²) in [5, 5.41) is 11.3. The first-order valence-electron chi connectivity index (χ1n) is 15.2. The zero-order valence-electron chi connectivity index (χ0n) is 26.9. The largest absolute Gasteiger partial charge is 0.497 e. The van der Waals surface area contributed by atoms with Gasteiger partial charge in [-0.15, -0.1) is 0 Å². The quantitative estimate of drug-likeness (QED) is 0.0849. The number of rotatable bonds is 10. The molecular formula is C36H29N3O9S2.